The molecule has 1 saturated carbocycles. The average molecular weight is 498 g/mol. The van der Waals surface area contributed by atoms with E-state index in [1.54, 1.807) is 22.8 Å². The van der Waals surface area contributed by atoms with Crippen molar-refractivity contribution < 1.29 is 9.18 Å². The monoisotopic (exact) mass is 497 g/mol. The summed E-state index contributed by atoms with van der Waals surface area (Å²) in [6.45, 7) is 2.41. The van der Waals surface area contributed by atoms with Gasteiger partial charge in [0.05, 0.1) is 12.1 Å². The number of nitrogens with zero attached hydrogens (tertiary/aromatic N) is 3. The number of aromatic nitrogens is 2. The molecule has 1 amide bonds. The quantitative estimate of drug-likeness (QED) is 0.517. The van der Waals surface area contributed by atoms with Crippen LogP contribution < -0.4 is 11.2 Å². The van der Waals surface area contributed by atoms with Gasteiger partial charge in [-0.2, -0.15) is 0 Å². The Labute approximate surface area is 208 Å². The summed E-state index contributed by atoms with van der Waals surface area (Å²) in [6.07, 6.45) is 7.93. The number of likely N-dealkylation sites (tertiary alicyclic amines) is 1. The molecule has 0 radical (unpaired) electrons. The Bertz CT molecular complexity index is 1290. The molecule has 1 aliphatic carbocycles. The highest BCUT2D eigenvalue weighted by molar-refractivity contribution is 7.17. The van der Waals surface area contributed by atoms with Crippen molar-refractivity contribution in [3.8, 4) is 0 Å². The molecule has 0 atom stereocenters. The maximum atomic E-state index is 13.5. The van der Waals surface area contributed by atoms with Crippen LogP contribution in [-0.2, 0) is 17.9 Å². The number of rotatable bonds is 5. The fraction of sp³-hybridized carbons (Fsp3) is 0.519. The smallest absolute Gasteiger partial charge is 0.331 e. The van der Waals surface area contributed by atoms with E-state index in [1.807, 2.05) is 5.38 Å². The summed E-state index contributed by atoms with van der Waals surface area (Å²) in [5, 5.41) is 1.83. The van der Waals surface area contributed by atoms with Gasteiger partial charge in [0, 0.05) is 25.6 Å². The predicted molar refractivity (Wildman–Crippen MR) is 136 cm³/mol. The molecule has 35 heavy (non-hydrogen) atoms. The lowest BCUT2D eigenvalue weighted by Gasteiger charge is -2.32. The molecule has 6 nitrogen and oxygen atoms in total. The average Bonchev–Trinajstić information content (AvgIpc) is 3.20. The summed E-state index contributed by atoms with van der Waals surface area (Å²) < 4.78 is 16.9. The van der Waals surface area contributed by atoms with Gasteiger partial charge < -0.3 is 4.90 Å². The minimum absolute atomic E-state index is 0.0657. The van der Waals surface area contributed by atoms with E-state index in [2.05, 4.69) is 4.90 Å². The molecule has 0 spiro atoms. The molecule has 2 aliphatic rings. The van der Waals surface area contributed by atoms with Crippen molar-refractivity contribution in [1.29, 1.82) is 0 Å². The number of carbonyl (C=O) groups is 1. The second-order valence-corrected chi connectivity index (χ2v) is 10.9. The normalized spacial score (nSPS) is 21.2. The van der Waals surface area contributed by atoms with Crippen LogP contribution in [0.1, 0.15) is 56.9 Å². The van der Waals surface area contributed by atoms with Crippen molar-refractivity contribution in [2.75, 3.05) is 13.1 Å². The van der Waals surface area contributed by atoms with Crippen molar-refractivity contribution in [3.05, 3.63) is 67.9 Å². The highest BCUT2D eigenvalue weighted by Gasteiger charge is 2.30. The number of halogens is 1. The molecule has 1 aliphatic heterocycles. The van der Waals surface area contributed by atoms with E-state index in [1.165, 1.54) is 40.9 Å². The molecule has 2 aromatic heterocycles. The van der Waals surface area contributed by atoms with Crippen LogP contribution in [0.2, 0.25) is 0 Å². The third-order valence-electron chi connectivity index (χ3n) is 7.64. The second-order valence-electron chi connectivity index (χ2n) is 10.0. The zero-order valence-electron chi connectivity index (χ0n) is 20.0. The zero-order chi connectivity index (χ0) is 24.4. The van der Waals surface area contributed by atoms with Crippen LogP contribution in [0.25, 0.3) is 10.2 Å². The molecular formula is C27H32FN3O3S. The Kier molecular flexibility index (Phi) is 7.18. The molecule has 186 valence electrons. The third kappa shape index (κ3) is 5.13. The number of hydrogen-bond donors (Lipinski definition) is 0. The molecule has 8 heteroatoms. The lowest BCUT2D eigenvalue weighted by molar-refractivity contribution is -0.136. The minimum Gasteiger partial charge on any atom is -0.342 e. The van der Waals surface area contributed by atoms with E-state index in [0.29, 0.717) is 22.7 Å². The van der Waals surface area contributed by atoms with Crippen LogP contribution in [0.4, 0.5) is 4.39 Å². The van der Waals surface area contributed by atoms with Gasteiger partial charge in [-0.3, -0.25) is 18.7 Å². The number of hydrogen-bond acceptors (Lipinski definition) is 4. The van der Waals surface area contributed by atoms with Crippen molar-refractivity contribution in [1.82, 2.24) is 14.0 Å². The van der Waals surface area contributed by atoms with E-state index in [9.17, 15) is 18.8 Å². The summed E-state index contributed by atoms with van der Waals surface area (Å²) in [6, 6.07) is 7.89. The topological polar surface area (TPSA) is 64.3 Å². The lowest BCUT2D eigenvalue weighted by Crippen LogP contribution is -2.42. The van der Waals surface area contributed by atoms with E-state index >= 15 is 0 Å². The number of benzene rings is 1. The Balaban J connectivity index is 1.32. The van der Waals surface area contributed by atoms with Crippen LogP contribution >= 0.6 is 11.3 Å². The van der Waals surface area contributed by atoms with Crippen LogP contribution in [0, 0.1) is 17.7 Å². The van der Waals surface area contributed by atoms with Gasteiger partial charge in [-0.15, -0.1) is 11.3 Å². The SMILES string of the molecule is O=C(C1CCC(Cn2c(=O)c3sccc3n(Cc3ccc(F)cc3)c2=O)CC1)N1CCCCCC1. The van der Waals surface area contributed by atoms with Crippen molar-refractivity contribution in [2.24, 2.45) is 11.8 Å². The fourth-order valence-corrected chi connectivity index (χ4v) is 6.46. The first-order valence-corrected chi connectivity index (χ1v) is 13.6. The lowest BCUT2D eigenvalue weighted by atomic mass is 9.81. The fourth-order valence-electron chi connectivity index (χ4n) is 5.62. The van der Waals surface area contributed by atoms with Crippen molar-refractivity contribution >= 4 is 27.5 Å². The third-order valence-corrected chi connectivity index (χ3v) is 8.54. The summed E-state index contributed by atoms with van der Waals surface area (Å²) in [5.41, 5.74) is 0.863. The van der Waals surface area contributed by atoms with Gasteiger partial charge in [-0.1, -0.05) is 25.0 Å². The van der Waals surface area contributed by atoms with Gasteiger partial charge in [0.15, 0.2) is 0 Å². The molecule has 0 N–H and O–H groups in total. The second kappa shape index (κ2) is 10.5. The van der Waals surface area contributed by atoms with Crippen molar-refractivity contribution in [3.63, 3.8) is 0 Å². The maximum absolute atomic E-state index is 13.5. The Morgan fingerprint density at radius 1 is 0.914 bits per heavy atom. The summed E-state index contributed by atoms with van der Waals surface area (Å²) in [7, 11) is 0. The minimum atomic E-state index is -0.326. The van der Waals surface area contributed by atoms with E-state index < -0.39 is 0 Å². The first kappa shape index (κ1) is 24.0. The standard InChI is InChI=1S/C27H32FN3O3S/c28-22-11-7-20(8-12-22)17-30-23-13-16-35-24(23)26(33)31(27(30)34)18-19-5-9-21(10-6-19)25(32)29-14-3-1-2-4-15-29/h7-8,11-13,16,19,21H,1-6,9-10,14-15,17-18H2. The van der Waals surface area contributed by atoms with E-state index in [-0.39, 0.29) is 35.4 Å². The Morgan fingerprint density at radius 3 is 2.29 bits per heavy atom. The molecule has 3 heterocycles. The molecule has 1 aromatic carbocycles. The van der Waals surface area contributed by atoms with Crippen molar-refractivity contribution in [2.45, 2.75) is 64.5 Å². The summed E-state index contributed by atoms with van der Waals surface area (Å²) in [4.78, 5) is 41.7. The summed E-state index contributed by atoms with van der Waals surface area (Å²) in [5.74, 6) is 0.238. The number of amides is 1. The van der Waals surface area contributed by atoms with Gasteiger partial charge >= 0.3 is 5.69 Å². The van der Waals surface area contributed by atoms with Crippen LogP contribution in [0.15, 0.2) is 45.3 Å². The Morgan fingerprint density at radius 2 is 1.60 bits per heavy atom. The van der Waals surface area contributed by atoms with Gasteiger partial charge in [0.1, 0.15) is 10.5 Å². The molecule has 5 rings (SSSR count). The van der Waals surface area contributed by atoms with E-state index in [0.717, 1.165) is 57.2 Å². The first-order chi connectivity index (χ1) is 17.0. The predicted octanol–water partition coefficient (Wildman–Crippen LogP) is 4.62. The molecular weight excluding hydrogens is 465 g/mol. The van der Waals surface area contributed by atoms with Gasteiger partial charge in [-0.25, -0.2) is 9.18 Å². The van der Waals surface area contributed by atoms with Crippen LogP contribution in [0.5, 0.6) is 0 Å². The largest absolute Gasteiger partial charge is 0.342 e. The summed E-state index contributed by atoms with van der Waals surface area (Å²) >= 11 is 1.34. The first-order valence-electron chi connectivity index (χ1n) is 12.8. The Hall–Kier alpha value is -2.74. The molecule has 0 bridgehead atoms. The molecule has 1 saturated heterocycles. The van der Waals surface area contributed by atoms with Gasteiger partial charge in [0.2, 0.25) is 5.91 Å². The molecule has 0 unspecified atom stereocenters. The number of carbonyl (C=O) groups excluding carboxylic acids is 1. The van der Waals surface area contributed by atoms with Gasteiger partial charge in [-0.05, 0) is 73.6 Å². The number of thiophene rings is 1. The van der Waals surface area contributed by atoms with Crippen LogP contribution in [0.3, 0.4) is 0 Å². The van der Waals surface area contributed by atoms with E-state index in [4.69, 9.17) is 0 Å². The molecule has 3 aromatic rings. The zero-order valence-corrected chi connectivity index (χ0v) is 20.8. The number of fused-ring (bicyclic) bond motifs is 1. The molecule has 2 fully saturated rings. The highest BCUT2D eigenvalue weighted by atomic mass is 32.1. The van der Waals surface area contributed by atoms with Gasteiger partial charge in [0.25, 0.3) is 5.56 Å². The highest BCUT2D eigenvalue weighted by Crippen LogP contribution is 2.31. The maximum Gasteiger partial charge on any atom is 0.331 e. The van der Waals surface area contributed by atoms with Crippen LogP contribution in [-0.4, -0.2) is 33.0 Å².